The van der Waals surface area contributed by atoms with Gasteiger partial charge in [0, 0.05) is 18.3 Å². The van der Waals surface area contributed by atoms with E-state index in [0.29, 0.717) is 6.04 Å². The van der Waals surface area contributed by atoms with Gasteiger partial charge in [0.15, 0.2) is 0 Å². The second kappa shape index (κ2) is 5.31. The Balaban J connectivity index is 1.58. The second-order valence-electron chi connectivity index (χ2n) is 5.89. The number of nitrogens with one attached hydrogen (secondary N) is 1. The first-order chi connectivity index (χ1) is 8.81. The minimum atomic E-state index is 0.609. The largest absolute Gasteiger partial charge is 0.382 e. The van der Waals surface area contributed by atoms with Gasteiger partial charge in [-0.25, -0.2) is 0 Å². The molecular formula is C16H24N2. The second-order valence-corrected chi connectivity index (χ2v) is 5.89. The number of hydrogen-bond donors (Lipinski definition) is 1. The van der Waals surface area contributed by atoms with Crippen molar-refractivity contribution >= 4 is 5.69 Å². The molecule has 2 aliphatic heterocycles. The number of rotatable bonds is 3. The maximum Gasteiger partial charge on any atom is 0.0375 e. The Hall–Kier alpha value is -1.02. The van der Waals surface area contributed by atoms with Crippen molar-refractivity contribution in [3.8, 4) is 0 Å². The molecule has 0 aliphatic carbocycles. The van der Waals surface area contributed by atoms with Gasteiger partial charge in [0.05, 0.1) is 0 Å². The molecular weight excluding hydrogens is 220 g/mol. The molecule has 18 heavy (non-hydrogen) atoms. The zero-order chi connectivity index (χ0) is 12.4. The van der Waals surface area contributed by atoms with Gasteiger partial charge in [-0.15, -0.1) is 0 Å². The van der Waals surface area contributed by atoms with Gasteiger partial charge in [-0.05, 0) is 62.9 Å². The Morgan fingerprint density at radius 3 is 2.89 bits per heavy atom. The predicted molar refractivity (Wildman–Crippen MR) is 77.2 cm³/mol. The van der Waals surface area contributed by atoms with Crippen LogP contribution in [0.4, 0.5) is 5.69 Å². The molecule has 0 bridgehead atoms. The molecule has 0 saturated carbocycles. The van der Waals surface area contributed by atoms with Gasteiger partial charge in [-0.3, -0.25) is 0 Å². The number of likely N-dealkylation sites (tertiary alicyclic amines) is 1. The smallest absolute Gasteiger partial charge is 0.0375 e. The molecule has 1 atom stereocenters. The number of anilines is 1. The number of piperidine rings is 1. The number of fused-ring (bicyclic) bond motifs is 1. The Morgan fingerprint density at radius 2 is 2.06 bits per heavy atom. The van der Waals surface area contributed by atoms with E-state index in [1.54, 1.807) is 0 Å². The average Bonchev–Trinajstić information content (AvgIpc) is 2.77. The predicted octanol–water partition coefficient (Wildman–Crippen LogP) is 3.07. The fourth-order valence-corrected chi connectivity index (χ4v) is 3.23. The molecule has 0 radical (unpaired) electrons. The molecule has 1 aromatic rings. The molecule has 98 valence electrons. The topological polar surface area (TPSA) is 15.3 Å². The third-order valence-electron chi connectivity index (χ3n) is 4.26. The SMILES string of the molecule is CC1Cc2cc(CCN3CCCCC3)ccc2N1. The highest BCUT2D eigenvalue weighted by Gasteiger charge is 2.16. The first-order valence-corrected chi connectivity index (χ1v) is 7.42. The molecule has 2 nitrogen and oxygen atoms in total. The van der Waals surface area contributed by atoms with Gasteiger partial charge >= 0.3 is 0 Å². The van der Waals surface area contributed by atoms with Crippen LogP contribution in [0.5, 0.6) is 0 Å². The third kappa shape index (κ3) is 2.69. The first-order valence-electron chi connectivity index (χ1n) is 7.42. The van der Waals surface area contributed by atoms with Crippen molar-refractivity contribution in [2.45, 2.75) is 45.1 Å². The molecule has 0 aromatic heterocycles. The van der Waals surface area contributed by atoms with Crippen LogP contribution in [-0.4, -0.2) is 30.6 Å². The first kappa shape index (κ1) is 12.0. The summed E-state index contributed by atoms with van der Waals surface area (Å²) in [5.74, 6) is 0. The molecule has 0 spiro atoms. The van der Waals surface area contributed by atoms with Crippen LogP contribution >= 0.6 is 0 Å². The van der Waals surface area contributed by atoms with Crippen LogP contribution in [0.2, 0.25) is 0 Å². The highest BCUT2D eigenvalue weighted by Crippen LogP contribution is 2.26. The van der Waals surface area contributed by atoms with Crippen molar-refractivity contribution in [1.29, 1.82) is 0 Å². The standard InChI is InChI=1S/C16H24N2/c1-13-11-15-12-14(5-6-16(15)17-13)7-10-18-8-3-2-4-9-18/h5-6,12-13,17H,2-4,7-11H2,1H3. The normalized spacial score (nSPS) is 23.7. The van der Waals surface area contributed by atoms with E-state index >= 15 is 0 Å². The number of nitrogens with zero attached hydrogens (tertiary/aromatic N) is 1. The fourth-order valence-electron chi connectivity index (χ4n) is 3.23. The molecule has 0 amide bonds. The van der Waals surface area contributed by atoms with Gasteiger partial charge in [-0.2, -0.15) is 0 Å². The van der Waals surface area contributed by atoms with E-state index < -0.39 is 0 Å². The number of benzene rings is 1. The van der Waals surface area contributed by atoms with E-state index in [1.165, 1.54) is 68.6 Å². The lowest BCUT2D eigenvalue weighted by Crippen LogP contribution is -2.31. The molecule has 1 N–H and O–H groups in total. The summed E-state index contributed by atoms with van der Waals surface area (Å²) < 4.78 is 0. The summed E-state index contributed by atoms with van der Waals surface area (Å²) in [4.78, 5) is 2.62. The lowest BCUT2D eigenvalue weighted by Gasteiger charge is -2.26. The van der Waals surface area contributed by atoms with Crippen molar-refractivity contribution in [3.63, 3.8) is 0 Å². The lowest BCUT2D eigenvalue weighted by atomic mass is 10.0. The van der Waals surface area contributed by atoms with E-state index in [9.17, 15) is 0 Å². The van der Waals surface area contributed by atoms with E-state index in [2.05, 4.69) is 35.3 Å². The van der Waals surface area contributed by atoms with E-state index in [0.717, 1.165) is 0 Å². The Bertz CT molecular complexity index is 408. The van der Waals surface area contributed by atoms with Gasteiger partial charge in [0.25, 0.3) is 0 Å². The molecule has 3 rings (SSSR count). The van der Waals surface area contributed by atoms with E-state index in [1.807, 2.05) is 0 Å². The minimum Gasteiger partial charge on any atom is -0.382 e. The molecule has 1 fully saturated rings. The van der Waals surface area contributed by atoms with Crippen LogP contribution in [0, 0.1) is 0 Å². The quantitative estimate of drug-likeness (QED) is 0.879. The van der Waals surface area contributed by atoms with Crippen LogP contribution in [-0.2, 0) is 12.8 Å². The molecule has 1 unspecified atom stereocenters. The average molecular weight is 244 g/mol. The summed E-state index contributed by atoms with van der Waals surface area (Å²) in [5.41, 5.74) is 4.37. The van der Waals surface area contributed by atoms with Crippen LogP contribution in [0.1, 0.15) is 37.3 Å². The Labute approximate surface area is 110 Å². The summed E-state index contributed by atoms with van der Waals surface area (Å²) in [5, 5.41) is 3.52. The Morgan fingerprint density at radius 1 is 1.22 bits per heavy atom. The summed E-state index contributed by atoms with van der Waals surface area (Å²) >= 11 is 0. The van der Waals surface area contributed by atoms with Crippen molar-refractivity contribution in [2.75, 3.05) is 25.0 Å². The maximum atomic E-state index is 3.52. The molecule has 1 aromatic carbocycles. The van der Waals surface area contributed by atoms with Crippen molar-refractivity contribution in [2.24, 2.45) is 0 Å². The van der Waals surface area contributed by atoms with Crippen molar-refractivity contribution in [3.05, 3.63) is 29.3 Å². The zero-order valence-corrected chi connectivity index (χ0v) is 11.4. The van der Waals surface area contributed by atoms with Gasteiger partial charge in [0.1, 0.15) is 0 Å². The van der Waals surface area contributed by atoms with Crippen molar-refractivity contribution in [1.82, 2.24) is 4.90 Å². The maximum absolute atomic E-state index is 3.52. The lowest BCUT2D eigenvalue weighted by molar-refractivity contribution is 0.231. The summed E-state index contributed by atoms with van der Waals surface area (Å²) in [6, 6.07) is 7.59. The van der Waals surface area contributed by atoms with E-state index in [-0.39, 0.29) is 0 Å². The summed E-state index contributed by atoms with van der Waals surface area (Å²) in [7, 11) is 0. The highest BCUT2D eigenvalue weighted by atomic mass is 15.1. The molecule has 2 heterocycles. The molecule has 2 heteroatoms. The van der Waals surface area contributed by atoms with Gasteiger partial charge < -0.3 is 10.2 Å². The highest BCUT2D eigenvalue weighted by molar-refractivity contribution is 5.57. The van der Waals surface area contributed by atoms with E-state index in [4.69, 9.17) is 0 Å². The van der Waals surface area contributed by atoms with Gasteiger partial charge in [-0.1, -0.05) is 18.6 Å². The minimum absolute atomic E-state index is 0.609. The Kier molecular flexibility index (Phi) is 3.55. The third-order valence-corrected chi connectivity index (χ3v) is 4.26. The van der Waals surface area contributed by atoms with Crippen molar-refractivity contribution < 1.29 is 0 Å². The van der Waals surface area contributed by atoms with Crippen LogP contribution in [0.25, 0.3) is 0 Å². The summed E-state index contributed by atoms with van der Waals surface area (Å²) in [6.45, 7) is 6.11. The fraction of sp³-hybridized carbons (Fsp3) is 0.625. The summed E-state index contributed by atoms with van der Waals surface area (Å²) in [6.07, 6.45) is 6.62. The molecule has 1 saturated heterocycles. The monoisotopic (exact) mass is 244 g/mol. The molecule has 2 aliphatic rings. The van der Waals surface area contributed by atoms with Gasteiger partial charge in [0.2, 0.25) is 0 Å². The number of hydrogen-bond acceptors (Lipinski definition) is 2. The van der Waals surface area contributed by atoms with Crippen LogP contribution < -0.4 is 5.32 Å². The zero-order valence-electron chi connectivity index (χ0n) is 11.4. The van der Waals surface area contributed by atoms with Crippen LogP contribution in [0.15, 0.2) is 18.2 Å². The van der Waals surface area contributed by atoms with Crippen LogP contribution in [0.3, 0.4) is 0 Å².